The molecule has 1 fully saturated rings. The second-order valence-electron chi connectivity index (χ2n) is 4.56. The molecule has 2 N–H and O–H groups in total. The Balaban J connectivity index is 2.08. The van der Waals surface area contributed by atoms with E-state index in [-0.39, 0.29) is 0 Å². The highest BCUT2D eigenvalue weighted by atomic mass is 16.4. The Morgan fingerprint density at radius 3 is 2.62 bits per heavy atom. The molecule has 0 bridgehead atoms. The summed E-state index contributed by atoms with van der Waals surface area (Å²) in [6.45, 7) is 6.85. The van der Waals surface area contributed by atoms with Crippen molar-refractivity contribution in [2.24, 2.45) is 11.1 Å². The fourth-order valence-corrected chi connectivity index (χ4v) is 2.38. The summed E-state index contributed by atoms with van der Waals surface area (Å²) in [5.74, 6) is 0.514. The summed E-state index contributed by atoms with van der Waals surface area (Å²) in [4.78, 5) is 2.18. The van der Waals surface area contributed by atoms with Gasteiger partial charge in [0.1, 0.15) is 0 Å². The van der Waals surface area contributed by atoms with Gasteiger partial charge in [-0.1, -0.05) is 18.9 Å². The maximum atomic E-state index is 5.48. The minimum atomic E-state index is 0.313. The second kappa shape index (κ2) is 4.41. The van der Waals surface area contributed by atoms with Crippen molar-refractivity contribution in [3.05, 3.63) is 5.89 Å². The molecule has 90 valence electrons. The first-order valence-electron chi connectivity index (χ1n) is 6.00. The molecule has 2 heterocycles. The quantitative estimate of drug-likeness (QED) is 0.840. The summed E-state index contributed by atoms with van der Waals surface area (Å²) >= 11 is 0. The minimum Gasteiger partial charge on any atom is -0.407 e. The molecule has 1 aromatic rings. The number of nitrogens with zero attached hydrogens (tertiary/aromatic N) is 3. The van der Waals surface area contributed by atoms with E-state index in [4.69, 9.17) is 10.2 Å². The molecule has 1 aliphatic rings. The summed E-state index contributed by atoms with van der Waals surface area (Å²) in [5, 5.41) is 7.93. The lowest BCUT2D eigenvalue weighted by Gasteiger charge is -2.25. The first kappa shape index (κ1) is 11.4. The summed E-state index contributed by atoms with van der Waals surface area (Å²) in [5.41, 5.74) is 5.88. The van der Waals surface area contributed by atoms with Gasteiger partial charge in [0.2, 0.25) is 5.89 Å². The van der Waals surface area contributed by atoms with Crippen LogP contribution in [0.4, 0.5) is 6.01 Å². The van der Waals surface area contributed by atoms with Crippen LogP contribution in [0.25, 0.3) is 0 Å². The molecule has 0 amide bonds. The van der Waals surface area contributed by atoms with Crippen molar-refractivity contribution in [3.63, 3.8) is 0 Å². The zero-order valence-electron chi connectivity index (χ0n) is 10.1. The standard InChI is InChI=1S/C11H20N4O/c1-3-11(4-2)5-6-15(8-11)10-14-13-9(7-12)16-10/h3-8,12H2,1-2H3. The van der Waals surface area contributed by atoms with Gasteiger partial charge in [-0.2, -0.15) is 0 Å². The van der Waals surface area contributed by atoms with Gasteiger partial charge in [-0.3, -0.25) is 0 Å². The van der Waals surface area contributed by atoms with E-state index in [1.807, 2.05) is 0 Å². The number of nitrogens with two attached hydrogens (primary N) is 1. The Hall–Kier alpha value is -1.10. The minimum absolute atomic E-state index is 0.313. The fourth-order valence-electron chi connectivity index (χ4n) is 2.38. The highest BCUT2D eigenvalue weighted by Gasteiger charge is 2.36. The third kappa shape index (κ3) is 1.91. The molecule has 0 aliphatic carbocycles. The van der Waals surface area contributed by atoms with Gasteiger partial charge in [-0.25, -0.2) is 0 Å². The molecule has 0 aromatic carbocycles. The Morgan fingerprint density at radius 2 is 2.12 bits per heavy atom. The number of hydrogen-bond acceptors (Lipinski definition) is 5. The van der Waals surface area contributed by atoms with Crippen LogP contribution in [0, 0.1) is 5.41 Å². The van der Waals surface area contributed by atoms with E-state index < -0.39 is 0 Å². The number of anilines is 1. The molecule has 0 radical (unpaired) electrons. The first-order valence-corrected chi connectivity index (χ1v) is 6.00. The van der Waals surface area contributed by atoms with Crippen LogP contribution in [0.5, 0.6) is 0 Å². The Kier molecular flexibility index (Phi) is 3.14. The average molecular weight is 224 g/mol. The average Bonchev–Trinajstić information content (AvgIpc) is 2.96. The normalized spacial score (nSPS) is 19.3. The smallest absolute Gasteiger partial charge is 0.318 e. The van der Waals surface area contributed by atoms with Crippen LogP contribution >= 0.6 is 0 Å². The van der Waals surface area contributed by atoms with Gasteiger partial charge in [0, 0.05) is 13.1 Å². The molecule has 16 heavy (non-hydrogen) atoms. The Morgan fingerprint density at radius 1 is 1.38 bits per heavy atom. The van der Waals surface area contributed by atoms with E-state index in [2.05, 4.69) is 28.9 Å². The Bertz CT molecular complexity index is 346. The Labute approximate surface area is 96.0 Å². The third-order valence-corrected chi connectivity index (χ3v) is 3.84. The molecule has 2 rings (SSSR count). The molecular weight excluding hydrogens is 204 g/mol. The summed E-state index contributed by atoms with van der Waals surface area (Å²) in [6.07, 6.45) is 3.62. The lowest BCUT2D eigenvalue weighted by Crippen LogP contribution is -2.26. The van der Waals surface area contributed by atoms with Crippen molar-refractivity contribution >= 4 is 6.01 Å². The maximum Gasteiger partial charge on any atom is 0.318 e. The predicted molar refractivity (Wildman–Crippen MR) is 62.0 cm³/mol. The summed E-state index contributed by atoms with van der Waals surface area (Å²) < 4.78 is 5.48. The van der Waals surface area contributed by atoms with Crippen molar-refractivity contribution in [1.82, 2.24) is 10.2 Å². The van der Waals surface area contributed by atoms with Crippen molar-refractivity contribution in [2.75, 3.05) is 18.0 Å². The SMILES string of the molecule is CCC1(CC)CCN(c2nnc(CN)o2)C1. The molecule has 5 heteroatoms. The largest absolute Gasteiger partial charge is 0.407 e. The van der Waals surface area contributed by atoms with Crippen molar-refractivity contribution < 1.29 is 4.42 Å². The van der Waals surface area contributed by atoms with E-state index in [9.17, 15) is 0 Å². The van der Waals surface area contributed by atoms with Gasteiger partial charge in [0.05, 0.1) is 6.54 Å². The van der Waals surface area contributed by atoms with Crippen LogP contribution in [-0.2, 0) is 6.54 Å². The number of hydrogen-bond donors (Lipinski definition) is 1. The van der Waals surface area contributed by atoms with E-state index in [1.54, 1.807) is 0 Å². The maximum absolute atomic E-state index is 5.48. The van der Waals surface area contributed by atoms with E-state index in [1.165, 1.54) is 19.3 Å². The van der Waals surface area contributed by atoms with Crippen molar-refractivity contribution in [3.8, 4) is 0 Å². The van der Waals surface area contributed by atoms with Gasteiger partial charge in [0.25, 0.3) is 0 Å². The molecule has 0 unspecified atom stereocenters. The van der Waals surface area contributed by atoms with E-state index in [0.717, 1.165) is 13.1 Å². The topological polar surface area (TPSA) is 68.2 Å². The van der Waals surface area contributed by atoms with Gasteiger partial charge >= 0.3 is 6.01 Å². The van der Waals surface area contributed by atoms with Gasteiger partial charge in [-0.05, 0) is 24.7 Å². The van der Waals surface area contributed by atoms with E-state index in [0.29, 0.717) is 23.9 Å². The highest BCUT2D eigenvalue weighted by molar-refractivity contribution is 5.28. The molecule has 0 atom stereocenters. The lowest BCUT2D eigenvalue weighted by atomic mass is 9.82. The second-order valence-corrected chi connectivity index (χ2v) is 4.56. The van der Waals surface area contributed by atoms with Crippen LogP contribution in [0.1, 0.15) is 39.0 Å². The van der Waals surface area contributed by atoms with Crippen LogP contribution < -0.4 is 10.6 Å². The van der Waals surface area contributed by atoms with Crippen LogP contribution in [0.2, 0.25) is 0 Å². The van der Waals surface area contributed by atoms with Gasteiger partial charge in [-0.15, -0.1) is 5.10 Å². The molecule has 0 saturated carbocycles. The van der Waals surface area contributed by atoms with Crippen molar-refractivity contribution in [1.29, 1.82) is 0 Å². The fraction of sp³-hybridized carbons (Fsp3) is 0.818. The monoisotopic (exact) mass is 224 g/mol. The molecular formula is C11H20N4O. The summed E-state index contributed by atoms with van der Waals surface area (Å²) in [7, 11) is 0. The molecule has 1 saturated heterocycles. The van der Waals surface area contributed by atoms with Crippen LogP contribution in [0.15, 0.2) is 4.42 Å². The van der Waals surface area contributed by atoms with Crippen LogP contribution in [0.3, 0.4) is 0 Å². The number of rotatable bonds is 4. The molecule has 5 nitrogen and oxygen atoms in total. The first-order chi connectivity index (χ1) is 7.73. The lowest BCUT2D eigenvalue weighted by molar-refractivity contribution is 0.300. The van der Waals surface area contributed by atoms with Crippen LogP contribution in [-0.4, -0.2) is 23.3 Å². The molecule has 0 spiro atoms. The van der Waals surface area contributed by atoms with Crippen molar-refractivity contribution in [2.45, 2.75) is 39.7 Å². The zero-order valence-corrected chi connectivity index (χ0v) is 10.1. The summed E-state index contributed by atoms with van der Waals surface area (Å²) in [6, 6.07) is 0.629. The van der Waals surface area contributed by atoms with Gasteiger partial charge < -0.3 is 15.1 Å². The van der Waals surface area contributed by atoms with E-state index >= 15 is 0 Å². The number of aromatic nitrogens is 2. The predicted octanol–water partition coefficient (Wildman–Crippen LogP) is 1.54. The zero-order chi connectivity index (χ0) is 11.6. The van der Waals surface area contributed by atoms with Gasteiger partial charge in [0.15, 0.2) is 0 Å². The third-order valence-electron chi connectivity index (χ3n) is 3.84. The molecule has 1 aromatic heterocycles. The highest BCUT2D eigenvalue weighted by Crippen LogP contribution is 2.38. The molecule has 1 aliphatic heterocycles.